The molecule has 3 nitrogen and oxygen atoms in total. The second-order valence-electron chi connectivity index (χ2n) is 4.38. The van der Waals surface area contributed by atoms with E-state index in [1.807, 2.05) is 18.2 Å². The van der Waals surface area contributed by atoms with Gasteiger partial charge in [0.1, 0.15) is 0 Å². The molecule has 1 aromatic carbocycles. The van der Waals surface area contributed by atoms with Gasteiger partial charge in [0.05, 0.1) is 15.2 Å². The maximum Gasteiger partial charge on any atom is 0.166 e. The van der Waals surface area contributed by atoms with Crippen LogP contribution in [0.4, 0.5) is 0 Å². The predicted molar refractivity (Wildman–Crippen MR) is 82.2 cm³/mol. The van der Waals surface area contributed by atoms with Gasteiger partial charge < -0.3 is 10.6 Å². The van der Waals surface area contributed by atoms with Gasteiger partial charge in [-0.2, -0.15) is 0 Å². The van der Waals surface area contributed by atoms with Crippen molar-refractivity contribution in [1.82, 2.24) is 15.6 Å². The molecule has 0 bridgehead atoms. The number of benzene rings is 1. The molecule has 0 saturated heterocycles. The van der Waals surface area contributed by atoms with Gasteiger partial charge in [-0.1, -0.05) is 12.1 Å². The normalized spacial score (nSPS) is 10.8. The summed E-state index contributed by atoms with van der Waals surface area (Å²) in [5.74, 6) is 0. The lowest BCUT2D eigenvalue weighted by molar-refractivity contribution is 0.710. The van der Waals surface area contributed by atoms with Gasteiger partial charge in [-0.25, -0.2) is 4.98 Å². The fraction of sp³-hybridized carbons (Fsp3) is 0.385. The molecule has 0 saturated carbocycles. The molecule has 2 rings (SSSR count). The van der Waals surface area contributed by atoms with Gasteiger partial charge >= 0.3 is 0 Å². The molecule has 96 valence electrons. The van der Waals surface area contributed by atoms with Crippen molar-refractivity contribution in [1.29, 1.82) is 0 Å². The molecule has 0 fully saturated rings. The van der Waals surface area contributed by atoms with Crippen LogP contribution in [-0.2, 0) is 6.42 Å². The summed E-state index contributed by atoms with van der Waals surface area (Å²) in [4.78, 5) is 4.59. The molecule has 0 aliphatic heterocycles. The van der Waals surface area contributed by atoms with Gasteiger partial charge in [0, 0.05) is 19.0 Å². The minimum Gasteiger partial charge on any atom is -0.362 e. The van der Waals surface area contributed by atoms with Crippen LogP contribution >= 0.6 is 23.6 Å². The number of nitrogens with one attached hydrogen (secondary N) is 2. The second kappa shape index (κ2) is 6.11. The van der Waals surface area contributed by atoms with Gasteiger partial charge in [0.2, 0.25) is 0 Å². The third-order valence-corrected chi connectivity index (χ3v) is 3.74. The Bertz CT molecular complexity index is 501. The molecule has 0 unspecified atom stereocenters. The van der Waals surface area contributed by atoms with Crippen LogP contribution in [0.15, 0.2) is 24.3 Å². The molecule has 1 aromatic heterocycles. The van der Waals surface area contributed by atoms with Gasteiger partial charge in [-0.3, -0.25) is 0 Å². The molecule has 0 amide bonds. The van der Waals surface area contributed by atoms with Crippen molar-refractivity contribution in [2.24, 2.45) is 0 Å². The average Bonchev–Trinajstić information content (AvgIpc) is 2.70. The summed E-state index contributed by atoms with van der Waals surface area (Å²) >= 11 is 6.92. The van der Waals surface area contributed by atoms with E-state index in [0.29, 0.717) is 11.2 Å². The number of rotatable bonds is 4. The highest BCUT2D eigenvalue weighted by Crippen LogP contribution is 2.21. The van der Waals surface area contributed by atoms with Crippen LogP contribution in [-0.4, -0.2) is 22.7 Å². The molecule has 0 aliphatic carbocycles. The van der Waals surface area contributed by atoms with Gasteiger partial charge in [0.25, 0.3) is 0 Å². The van der Waals surface area contributed by atoms with E-state index in [9.17, 15) is 0 Å². The monoisotopic (exact) mass is 279 g/mol. The molecule has 0 radical (unpaired) electrons. The fourth-order valence-electron chi connectivity index (χ4n) is 1.62. The van der Waals surface area contributed by atoms with E-state index >= 15 is 0 Å². The Kier molecular flexibility index (Phi) is 4.49. The number of hydrogen-bond acceptors (Lipinski definition) is 3. The second-order valence-corrected chi connectivity index (χ2v) is 5.90. The van der Waals surface area contributed by atoms with Gasteiger partial charge in [-0.05, 0) is 38.2 Å². The van der Waals surface area contributed by atoms with Gasteiger partial charge in [0.15, 0.2) is 5.11 Å². The van der Waals surface area contributed by atoms with E-state index in [2.05, 4.69) is 35.5 Å². The third kappa shape index (κ3) is 3.65. The van der Waals surface area contributed by atoms with E-state index in [1.165, 1.54) is 4.70 Å². The molecule has 5 heteroatoms. The zero-order chi connectivity index (χ0) is 13.0. The van der Waals surface area contributed by atoms with Crippen molar-refractivity contribution in [2.75, 3.05) is 6.54 Å². The smallest absolute Gasteiger partial charge is 0.166 e. The summed E-state index contributed by atoms with van der Waals surface area (Å²) < 4.78 is 1.25. The highest BCUT2D eigenvalue weighted by atomic mass is 32.1. The lowest BCUT2D eigenvalue weighted by Crippen LogP contribution is -2.39. The molecule has 1 heterocycles. The van der Waals surface area contributed by atoms with E-state index in [4.69, 9.17) is 12.2 Å². The Morgan fingerprint density at radius 3 is 2.89 bits per heavy atom. The molecule has 18 heavy (non-hydrogen) atoms. The SMILES string of the molecule is CC(C)NC(=S)NCCc1nc2ccccc2s1. The Balaban J connectivity index is 1.85. The van der Waals surface area contributed by atoms with Crippen molar-refractivity contribution in [2.45, 2.75) is 26.3 Å². The maximum absolute atomic E-state index is 5.17. The van der Waals surface area contributed by atoms with Gasteiger partial charge in [-0.15, -0.1) is 11.3 Å². The van der Waals surface area contributed by atoms with E-state index < -0.39 is 0 Å². The summed E-state index contributed by atoms with van der Waals surface area (Å²) in [6.07, 6.45) is 0.902. The molecule has 0 atom stereocenters. The van der Waals surface area contributed by atoms with Crippen molar-refractivity contribution in [3.05, 3.63) is 29.3 Å². The zero-order valence-electron chi connectivity index (χ0n) is 10.6. The minimum absolute atomic E-state index is 0.368. The zero-order valence-corrected chi connectivity index (χ0v) is 12.2. The quantitative estimate of drug-likeness (QED) is 0.844. The summed E-state index contributed by atoms with van der Waals surface area (Å²) in [5, 5.41) is 8.22. The number of nitrogens with zero attached hydrogens (tertiary/aromatic N) is 1. The first-order valence-corrected chi connectivity index (χ1v) is 7.26. The first-order valence-electron chi connectivity index (χ1n) is 6.04. The van der Waals surface area contributed by atoms with E-state index in [-0.39, 0.29) is 0 Å². The molecular formula is C13H17N3S2. The highest BCUT2D eigenvalue weighted by Gasteiger charge is 2.03. The first-order chi connectivity index (χ1) is 8.65. The summed E-state index contributed by atoms with van der Waals surface area (Å²) in [6.45, 7) is 4.96. The summed E-state index contributed by atoms with van der Waals surface area (Å²) in [5.41, 5.74) is 1.08. The Labute approximate surface area is 117 Å². The number of thiocarbonyl (C=S) groups is 1. The van der Waals surface area contributed by atoms with Crippen molar-refractivity contribution in [3.63, 3.8) is 0 Å². The van der Waals surface area contributed by atoms with E-state index in [0.717, 1.165) is 23.5 Å². The number of fused-ring (bicyclic) bond motifs is 1. The molecule has 0 spiro atoms. The largest absolute Gasteiger partial charge is 0.362 e. The van der Waals surface area contributed by atoms with Crippen LogP contribution in [0.5, 0.6) is 0 Å². The van der Waals surface area contributed by atoms with Crippen LogP contribution in [0.3, 0.4) is 0 Å². The Morgan fingerprint density at radius 1 is 1.39 bits per heavy atom. The lowest BCUT2D eigenvalue weighted by Gasteiger charge is -2.12. The van der Waals surface area contributed by atoms with E-state index in [1.54, 1.807) is 11.3 Å². The van der Waals surface area contributed by atoms with Crippen molar-refractivity contribution >= 4 is 38.9 Å². The molecule has 2 aromatic rings. The number of para-hydroxylation sites is 1. The number of thiazole rings is 1. The predicted octanol–water partition coefficient (Wildman–Crippen LogP) is 2.71. The van der Waals surface area contributed by atoms with Crippen LogP contribution in [0.25, 0.3) is 10.2 Å². The van der Waals surface area contributed by atoms with Crippen LogP contribution in [0, 0.1) is 0 Å². The number of aromatic nitrogens is 1. The molecule has 2 N–H and O–H groups in total. The molecular weight excluding hydrogens is 262 g/mol. The number of hydrogen-bond donors (Lipinski definition) is 2. The lowest BCUT2D eigenvalue weighted by atomic mass is 10.3. The fourth-order valence-corrected chi connectivity index (χ4v) is 2.93. The summed E-state index contributed by atoms with van der Waals surface area (Å²) in [7, 11) is 0. The minimum atomic E-state index is 0.368. The Hall–Kier alpha value is -1.20. The highest BCUT2D eigenvalue weighted by molar-refractivity contribution is 7.80. The topological polar surface area (TPSA) is 37.0 Å². The Morgan fingerprint density at radius 2 is 2.17 bits per heavy atom. The average molecular weight is 279 g/mol. The maximum atomic E-state index is 5.17. The first kappa shape index (κ1) is 13.2. The standard InChI is InChI=1S/C13H17N3S2/c1-9(2)15-13(17)14-8-7-12-16-10-5-3-4-6-11(10)18-12/h3-6,9H,7-8H2,1-2H3,(H2,14,15,17). The van der Waals surface area contributed by atoms with Crippen molar-refractivity contribution in [3.8, 4) is 0 Å². The van der Waals surface area contributed by atoms with Crippen LogP contribution < -0.4 is 10.6 Å². The molecule has 0 aliphatic rings. The third-order valence-electron chi connectivity index (χ3n) is 2.38. The summed E-state index contributed by atoms with van der Waals surface area (Å²) in [6, 6.07) is 8.59. The van der Waals surface area contributed by atoms with Crippen LogP contribution in [0.2, 0.25) is 0 Å². The van der Waals surface area contributed by atoms with Crippen molar-refractivity contribution < 1.29 is 0 Å². The van der Waals surface area contributed by atoms with Crippen LogP contribution in [0.1, 0.15) is 18.9 Å².